The molecule has 1 fully saturated rings. The molecule has 2 aromatic heterocycles. The molecule has 0 aromatic carbocycles. The van der Waals surface area contributed by atoms with Crippen molar-refractivity contribution in [3.05, 3.63) is 45.9 Å². The van der Waals surface area contributed by atoms with E-state index in [1.807, 2.05) is 43.0 Å². The van der Waals surface area contributed by atoms with Crippen molar-refractivity contribution in [2.24, 2.45) is 4.99 Å². The monoisotopic (exact) mass is 435 g/mol. The van der Waals surface area contributed by atoms with E-state index in [0.717, 1.165) is 22.2 Å². The van der Waals surface area contributed by atoms with Gasteiger partial charge >= 0.3 is 0 Å². The summed E-state index contributed by atoms with van der Waals surface area (Å²) in [6.07, 6.45) is 3.92. The maximum absolute atomic E-state index is 13.5. The predicted molar refractivity (Wildman–Crippen MR) is 113 cm³/mol. The number of halogens is 2. The van der Waals surface area contributed by atoms with Gasteiger partial charge in [-0.1, -0.05) is 0 Å². The van der Waals surface area contributed by atoms with E-state index < -0.39 is 12.2 Å². The third kappa shape index (κ3) is 4.80. The summed E-state index contributed by atoms with van der Waals surface area (Å²) in [4.78, 5) is 9.12. The second-order valence-corrected chi connectivity index (χ2v) is 8.90. The summed E-state index contributed by atoms with van der Waals surface area (Å²) in [7, 11) is 0. The lowest BCUT2D eigenvalue weighted by atomic mass is 9.92. The minimum absolute atomic E-state index is 0.0116. The fourth-order valence-electron chi connectivity index (χ4n) is 3.83. The average Bonchev–Trinajstić information content (AvgIpc) is 3.33. The summed E-state index contributed by atoms with van der Waals surface area (Å²) in [5.41, 5.74) is 1.90. The number of aromatic nitrogens is 3. The van der Waals surface area contributed by atoms with E-state index >= 15 is 0 Å². The van der Waals surface area contributed by atoms with Gasteiger partial charge in [0.2, 0.25) is 12.2 Å². The fraction of sp³-hybridized carbons (Fsp3) is 0.550. The molecular weight excluding hydrogens is 408 g/mol. The average molecular weight is 436 g/mol. The molecule has 0 saturated heterocycles. The van der Waals surface area contributed by atoms with Crippen LogP contribution >= 0.6 is 11.3 Å². The summed E-state index contributed by atoms with van der Waals surface area (Å²) < 4.78 is 28.9. The van der Waals surface area contributed by atoms with Gasteiger partial charge in [0.1, 0.15) is 16.7 Å². The largest absolute Gasteiger partial charge is 0.367 e. The first kappa shape index (κ1) is 20.8. The number of aryl methyl sites for hydroxylation is 2. The van der Waals surface area contributed by atoms with E-state index in [2.05, 4.69) is 26.0 Å². The maximum Gasteiger partial charge on any atom is 0.248 e. The standard InChI is InChI=1S/C20H27F2N7S/c1-12-10-13(2)29(28-12)19-26-16(24-14(3)18-23-8-9-30-18)11-17(27-19)25-15-4-6-20(21,22)7-5-15/h8-11,14-15,19,24,26H,4-7H2,1-3H3,(H,25,27). The maximum atomic E-state index is 13.5. The molecule has 3 N–H and O–H groups in total. The smallest absolute Gasteiger partial charge is 0.248 e. The number of aliphatic imine (C=N–C) groups is 1. The Morgan fingerprint density at radius 2 is 2.07 bits per heavy atom. The zero-order valence-corrected chi connectivity index (χ0v) is 18.1. The minimum atomic E-state index is -2.55. The number of hydrogen-bond donors (Lipinski definition) is 3. The highest BCUT2D eigenvalue weighted by atomic mass is 32.1. The van der Waals surface area contributed by atoms with Crippen LogP contribution in [0.15, 0.2) is 34.5 Å². The Morgan fingerprint density at radius 1 is 1.30 bits per heavy atom. The van der Waals surface area contributed by atoms with Gasteiger partial charge in [0.15, 0.2) is 0 Å². The Balaban J connectivity index is 1.54. The van der Waals surface area contributed by atoms with Crippen LogP contribution in [0.3, 0.4) is 0 Å². The Kier molecular flexibility index (Phi) is 5.77. The SMILES string of the molecule is Cc1cc(C)n(C2N=C(NC3CCC(F)(F)CC3)C=C(NC(C)c3nccs3)N2)n1. The highest BCUT2D eigenvalue weighted by Gasteiger charge is 2.35. The second kappa shape index (κ2) is 8.33. The molecule has 1 aliphatic carbocycles. The summed E-state index contributed by atoms with van der Waals surface area (Å²) in [5.74, 6) is -1.10. The van der Waals surface area contributed by atoms with Crippen LogP contribution in [0.2, 0.25) is 0 Å². The summed E-state index contributed by atoms with van der Waals surface area (Å²) in [5, 5.41) is 17.7. The highest BCUT2D eigenvalue weighted by Crippen LogP contribution is 2.33. The third-order valence-corrected chi connectivity index (χ3v) is 6.32. The normalized spacial score (nSPS) is 22.6. The van der Waals surface area contributed by atoms with E-state index in [4.69, 9.17) is 4.99 Å². The highest BCUT2D eigenvalue weighted by molar-refractivity contribution is 7.09. The number of alkyl halides is 2. The van der Waals surface area contributed by atoms with Gasteiger partial charge in [0.25, 0.3) is 0 Å². The Bertz CT molecular complexity index is 925. The zero-order chi connectivity index (χ0) is 21.3. The molecule has 2 atom stereocenters. The Labute approximate surface area is 178 Å². The van der Waals surface area contributed by atoms with Crippen LogP contribution in [0.1, 0.15) is 61.3 Å². The van der Waals surface area contributed by atoms with Crippen LogP contribution in [0.4, 0.5) is 8.78 Å². The van der Waals surface area contributed by atoms with Crippen molar-refractivity contribution >= 4 is 17.2 Å². The van der Waals surface area contributed by atoms with Crippen molar-refractivity contribution < 1.29 is 8.78 Å². The molecule has 0 bridgehead atoms. The fourth-order valence-corrected chi connectivity index (χ4v) is 4.47. The van der Waals surface area contributed by atoms with E-state index in [1.54, 1.807) is 17.5 Å². The van der Waals surface area contributed by atoms with Crippen molar-refractivity contribution in [3.63, 3.8) is 0 Å². The topological polar surface area (TPSA) is 79.2 Å². The first-order valence-electron chi connectivity index (χ1n) is 10.2. The molecule has 1 aliphatic heterocycles. The van der Waals surface area contributed by atoms with Crippen LogP contribution in [0, 0.1) is 13.8 Å². The number of nitrogens with zero attached hydrogens (tertiary/aromatic N) is 4. The van der Waals surface area contributed by atoms with E-state index in [-0.39, 0.29) is 24.9 Å². The molecule has 30 heavy (non-hydrogen) atoms. The van der Waals surface area contributed by atoms with Crippen LogP contribution in [0.25, 0.3) is 0 Å². The van der Waals surface area contributed by atoms with Gasteiger partial charge in [-0.2, -0.15) is 5.10 Å². The van der Waals surface area contributed by atoms with Crippen molar-refractivity contribution in [1.82, 2.24) is 30.7 Å². The van der Waals surface area contributed by atoms with E-state index in [1.165, 1.54) is 0 Å². The molecule has 2 aromatic rings. The van der Waals surface area contributed by atoms with Crippen molar-refractivity contribution in [1.29, 1.82) is 0 Å². The molecule has 162 valence electrons. The molecule has 3 heterocycles. The van der Waals surface area contributed by atoms with Crippen molar-refractivity contribution in [3.8, 4) is 0 Å². The van der Waals surface area contributed by atoms with Gasteiger partial charge in [0, 0.05) is 42.2 Å². The molecule has 1 saturated carbocycles. The van der Waals surface area contributed by atoms with E-state index in [9.17, 15) is 8.78 Å². The molecule has 7 nitrogen and oxygen atoms in total. The van der Waals surface area contributed by atoms with Crippen LogP contribution < -0.4 is 16.0 Å². The molecule has 2 unspecified atom stereocenters. The summed E-state index contributed by atoms with van der Waals surface area (Å²) in [6, 6.07) is 1.99. The van der Waals surface area contributed by atoms with Gasteiger partial charge in [-0.25, -0.2) is 23.4 Å². The van der Waals surface area contributed by atoms with Crippen molar-refractivity contribution in [2.45, 2.75) is 70.8 Å². The number of hydrogen-bond acceptors (Lipinski definition) is 7. The lowest BCUT2D eigenvalue weighted by molar-refractivity contribution is -0.0390. The number of nitrogens with one attached hydrogen (secondary N) is 3. The lowest BCUT2D eigenvalue weighted by Gasteiger charge is -2.32. The van der Waals surface area contributed by atoms with Crippen LogP contribution in [0.5, 0.6) is 0 Å². The first-order chi connectivity index (χ1) is 14.3. The molecule has 4 rings (SSSR count). The second-order valence-electron chi connectivity index (χ2n) is 7.97. The zero-order valence-electron chi connectivity index (χ0n) is 17.3. The van der Waals surface area contributed by atoms with Crippen LogP contribution in [-0.2, 0) is 0 Å². The quantitative estimate of drug-likeness (QED) is 0.666. The van der Waals surface area contributed by atoms with Gasteiger partial charge in [-0.15, -0.1) is 11.3 Å². The first-order valence-corrected chi connectivity index (χ1v) is 11.1. The summed E-state index contributed by atoms with van der Waals surface area (Å²) >= 11 is 1.59. The third-order valence-electron chi connectivity index (χ3n) is 5.37. The Morgan fingerprint density at radius 3 is 2.70 bits per heavy atom. The molecule has 2 aliphatic rings. The molecule has 0 spiro atoms. The van der Waals surface area contributed by atoms with Crippen molar-refractivity contribution in [2.75, 3.05) is 0 Å². The molecule has 0 radical (unpaired) electrons. The molecular formula is C20H27F2N7S. The molecule has 10 heteroatoms. The van der Waals surface area contributed by atoms with Gasteiger partial charge < -0.3 is 16.0 Å². The number of amidine groups is 1. The predicted octanol–water partition coefficient (Wildman–Crippen LogP) is 3.77. The lowest BCUT2D eigenvalue weighted by Crippen LogP contribution is -2.44. The summed E-state index contributed by atoms with van der Waals surface area (Å²) in [6.45, 7) is 5.97. The van der Waals surface area contributed by atoms with Crippen LogP contribution in [-0.4, -0.2) is 32.6 Å². The van der Waals surface area contributed by atoms with Gasteiger partial charge in [-0.3, -0.25) is 0 Å². The Hall–Kier alpha value is -2.49. The van der Waals surface area contributed by atoms with Gasteiger partial charge in [0.05, 0.1) is 11.7 Å². The van der Waals surface area contributed by atoms with E-state index in [0.29, 0.717) is 18.7 Å². The number of thiazole rings is 1. The minimum Gasteiger partial charge on any atom is -0.367 e. The number of rotatable bonds is 5. The molecule has 0 amide bonds. The van der Waals surface area contributed by atoms with Gasteiger partial charge in [-0.05, 0) is 39.7 Å².